The summed E-state index contributed by atoms with van der Waals surface area (Å²) in [6, 6.07) is 5.17. The molecule has 3 N–H and O–H groups in total. The predicted molar refractivity (Wildman–Crippen MR) is 43.4 cm³/mol. The lowest BCUT2D eigenvalue weighted by atomic mass is 10.5. The monoisotopic (exact) mass is 164 g/mol. The van der Waals surface area contributed by atoms with Crippen LogP contribution in [0.15, 0.2) is 30.6 Å². The molecule has 0 saturated carbocycles. The highest BCUT2D eigenvalue weighted by atomic mass is 16.3. The second kappa shape index (κ2) is 2.34. The molecule has 0 aliphatic carbocycles. The van der Waals surface area contributed by atoms with Gasteiger partial charge in [-0.1, -0.05) is 0 Å². The van der Waals surface area contributed by atoms with Crippen LogP contribution in [0.2, 0.25) is 0 Å². The van der Waals surface area contributed by atoms with Crippen LogP contribution in [0.25, 0.3) is 5.82 Å². The molecule has 0 atom stereocenters. The predicted octanol–water partition coefficient (Wildman–Crippen LogP) is 1.22. The lowest BCUT2D eigenvalue weighted by Crippen LogP contribution is -1.87. The van der Waals surface area contributed by atoms with Crippen molar-refractivity contribution in [3.05, 3.63) is 30.6 Å². The molecule has 0 saturated heterocycles. The minimum Gasteiger partial charge on any atom is -0.503 e. The molecule has 2 aromatic rings. The Morgan fingerprint density at radius 3 is 2.33 bits per heavy atom. The fourth-order valence-corrected chi connectivity index (χ4v) is 1.05. The normalized spacial score (nSPS) is 10.3. The van der Waals surface area contributed by atoms with Gasteiger partial charge in [0.25, 0.3) is 0 Å². The largest absolute Gasteiger partial charge is 0.503 e. The van der Waals surface area contributed by atoms with Crippen LogP contribution >= 0.6 is 0 Å². The first-order chi connectivity index (χ1) is 5.77. The van der Waals surface area contributed by atoms with Crippen LogP contribution in [-0.4, -0.2) is 19.8 Å². The molecule has 2 rings (SSSR count). The Bertz CT molecular complexity index is 356. The molecule has 12 heavy (non-hydrogen) atoms. The fourth-order valence-electron chi connectivity index (χ4n) is 1.05. The van der Waals surface area contributed by atoms with Gasteiger partial charge in [0.1, 0.15) is 5.82 Å². The van der Waals surface area contributed by atoms with Gasteiger partial charge in [-0.3, -0.25) is 0 Å². The van der Waals surface area contributed by atoms with Crippen LogP contribution in [0.4, 0.5) is 0 Å². The molecule has 0 amide bonds. The molecular weight excluding hydrogens is 156 g/mol. The topological polar surface area (TPSA) is 61.2 Å². The molecule has 2 heterocycles. The molecule has 0 aliphatic rings. The maximum Gasteiger partial charge on any atom is 0.233 e. The number of aromatic amines is 1. The van der Waals surface area contributed by atoms with Gasteiger partial charge in [0.15, 0.2) is 5.75 Å². The van der Waals surface area contributed by atoms with Crippen LogP contribution in [0.5, 0.6) is 11.6 Å². The van der Waals surface area contributed by atoms with E-state index < -0.39 is 0 Å². The van der Waals surface area contributed by atoms with Crippen molar-refractivity contribution in [3.8, 4) is 17.4 Å². The average Bonchev–Trinajstić information content (AvgIpc) is 2.61. The Morgan fingerprint density at radius 2 is 1.83 bits per heavy atom. The first-order valence-electron chi connectivity index (χ1n) is 3.51. The molecule has 62 valence electrons. The Morgan fingerprint density at radius 1 is 1.17 bits per heavy atom. The summed E-state index contributed by atoms with van der Waals surface area (Å²) < 4.78 is 1.75. The molecule has 0 spiro atoms. The quantitative estimate of drug-likeness (QED) is 0.593. The van der Waals surface area contributed by atoms with Crippen molar-refractivity contribution in [2.45, 2.75) is 0 Å². The molecule has 0 aromatic carbocycles. The zero-order chi connectivity index (χ0) is 8.55. The summed E-state index contributed by atoms with van der Waals surface area (Å²) in [7, 11) is 0. The molecular formula is C8H8N2O2. The minimum absolute atomic E-state index is 0.140. The molecule has 0 aliphatic heterocycles. The van der Waals surface area contributed by atoms with E-state index in [1.165, 1.54) is 6.07 Å². The number of H-pyrrole nitrogens is 1. The van der Waals surface area contributed by atoms with Crippen LogP contribution in [-0.2, 0) is 0 Å². The molecule has 4 heteroatoms. The van der Waals surface area contributed by atoms with E-state index in [1.807, 2.05) is 24.5 Å². The molecule has 0 bridgehead atoms. The van der Waals surface area contributed by atoms with Crippen LogP contribution < -0.4 is 0 Å². The standard InChI is InChI=1S/C8H8N2O2/c11-6-5-7(9-8(6)12)10-3-1-2-4-10/h1-5,9,11-12H. The van der Waals surface area contributed by atoms with Gasteiger partial charge in [0.05, 0.1) is 0 Å². The Balaban J connectivity index is 2.48. The van der Waals surface area contributed by atoms with Gasteiger partial charge in [-0.05, 0) is 12.1 Å². The summed E-state index contributed by atoms with van der Waals surface area (Å²) in [5.74, 6) is 0.285. The van der Waals surface area contributed by atoms with E-state index in [2.05, 4.69) is 4.98 Å². The number of aromatic hydroxyl groups is 2. The number of nitrogens with zero attached hydrogens (tertiary/aromatic N) is 1. The Hall–Kier alpha value is -1.84. The summed E-state index contributed by atoms with van der Waals surface area (Å²) in [4.78, 5) is 2.62. The van der Waals surface area contributed by atoms with E-state index in [1.54, 1.807) is 4.57 Å². The van der Waals surface area contributed by atoms with Gasteiger partial charge in [-0.25, -0.2) is 0 Å². The minimum atomic E-state index is -0.210. The highest BCUT2D eigenvalue weighted by molar-refractivity contribution is 5.42. The van der Waals surface area contributed by atoms with E-state index in [-0.39, 0.29) is 11.6 Å². The third-order valence-electron chi connectivity index (χ3n) is 1.65. The van der Waals surface area contributed by atoms with E-state index in [0.29, 0.717) is 5.82 Å². The van der Waals surface area contributed by atoms with Crippen molar-refractivity contribution in [1.29, 1.82) is 0 Å². The van der Waals surface area contributed by atoms with Gasteiger partial charge >= 0.3 is 0 Å². The van der Waals surface area contributed by atoms with E-state index in [0.717, 1.165) is 0 Å². The van der Waals surface area contributed by atoms with Gasteiger partial charge in [-0.15, -0.1) is 0 Å². The fraction of sp³-hybridized carbons (Fsp3) is 0. The van der Waals surface area contributed by atoms with Crippen molar-refractivity contribution in [3.63, 3.8) is 0 Å². The maximum atomic E-state index is 9.04. The summed E-state index contributed by atoms with van der Waals surface area (Å²) in [6.07, 6.45) is 3.62. The van der Waals surface area contributed by atoms with E-state index in [4.69, 9.17) is 10.2 Å². The zero-order valence-electron chi connectivity index (χ0n) is 6.23. The average molecular weight is 164 g/mol. The van der Waals surface area contributed by atoms with E-state index in [9.17, 15) is 0 Å². The SMILES string of the molecule is Oc1cc(-n2cccc2)[nH]c1O. The number of rotatable bonds is 1. The summed E-state index contributed by atoms with van der Waals surface area (Å²) in [5, 5.41) is 18.1. The van der Waals surface area contributed by atoms with Crippen LogP contribution in [0.1, 0.15) is 0 Å². The molecule has 0 fully saturated rings. The zero-order valence-corrected chi connectivity index (χ0v) is 6.23. The van der Waals surface area contributed by atoms with Crippen molar-refractivity contribution >= 4 is 0 Å². The highest BCUT2D eigenvalue weighted by Crippen LogP contribution is 2.25. The molecule has 2 aromatic heterocycles. The first kappa shape index (κ1) is 6.84. The smallest absolute Gasteiger partial charge is 0.233 e. The van der Waals surface area contributed by atoms with Crippen molar-refractivity contribution in [2.24, 2.45) is 0 Å². The van der Waals surface area contributed by atoms with Gasteiger partial charge in [0, 0.05) is 18.5 Å². The van der Waals surface area contributed by atoms with Crippen LogP contribution in [0, 0.1) is 0 Å². The van der Waals surface area contributed by atoms with Gasteiger partial charge in [0.2, 0.25) is 5.88 Å². The maximum absolute atomic E-state index is 9.04. The Kier molecular flexibility index (Phi) is 1.33. The number of hydrogen-bond acceptors (Lipinski definition) is 2. The highest BCUT2D eigenvalue weighted by Gasteiger charge is 2.04. The number of nitrogens with one attached hydrogen (secondary N) is 1. The molecule has 0 unspecified atom stereocenters. The number of aromatic nitrogens is 2. The van der Waals surface area contributed by atoms with Gasteiger partial charge in [-0.2, -0.15) is 0 Å². The lowest BCUT2D eigenvalue weighted by molar-refractivity contribution is 0.395. The third-order valence-corrected chi connectivity index (χ3v) is 1.65. The first-order valence-corrected chi connectivity index (χ1v) is 3.51. The summed E-state index contributed by atoms with van der Waals surface area (Å²) >= 11 is 0. The Labute approximate surface area is 68.7 Å². The third kappa shape index (κ3) is 0.934. The summed E-state index contributed by atoms with van der Waals surface area (Å²) in [5.41, 5.74) is 0. The molecule has 4 nitrogen and oxygen atoms in total. The van der Waals surface area contributed by atoms with E-state index >= 15 is 0 Å². The summed E-state index contributed by atoms with van der Waals surface area (Å²) in [6.45, 7) is 0. The number of hydrogen-bond donors (Lipinski definition) is 3. The van der Waals surface area contributed by atoms with Crippen molar-refractivity contribution in [2.75, 3.05) is 0 Å². The molecule has 0 radical (unpaired) electrons. The van der Waals surface area contributed by atoms with Crippen molar-refractivity contribution < 1.29 is 10.2 Å². The second-order valence-corrected chi connectivity index (χ2v) is 2.48. The lowest BCUT2D eigenvalue weighted by Gasteiger charge is -1.95. The van der Waals surface area contributed by atoms with Gasteiger partial charge < -0.3 is 19.8 Å². The second-order valence-electron chi connectivity index (χ2n) is 2.48. The van der Waals surface area contributed by atoms with Crippen LogP contribution in [0.3, 0.4) is 0 Å². The van der Waals surface area contributed by atoms with Crippen molar-refractivity contribution in [1.82, 2.24) is 9.55 Å².